The number of hydrogen-bond donors (Lipinski definition) is 2. The minimum atomic E-state index is -0.312. The zero-order chi connectivity index (χ0) is 21.7. The molecule has 3 aromatic rings. The Bertz CT molecular complexity index is 1130. The summed E-state index contributed by atoms with van der Waals surface area (Å²) in [6, 6.07) is 13.0. The van der Waals surface area contributed by atoms with E-state index in [0.29, 0.717) is 32.9 Å². The van der Waals surface area contributed by atoms with Crippen LogP contribution in [0.15, 0.2) is 52.4 Å². The Morgan fingerprint density at radius 3 is 2.73 bits per heavy atom. The molecule has 0 unspecified atom stereocenters. The lowest BCUT2D eigenvalue weighted by Gasteiger charge is -2.09. The lowest BCUT2D eigenvalue weighted by molar-refractivity contribution is -0.115. The Hall–Kier alpha value is -2.77. The van der Waals surface area contributed by atoms with Crippen LogP contribution in [0.2, 0.25) is 5.02 Å². The summed E-state index contributed by atoms with van der Waals surface area (Å²) in [4.78, 5) is 32.1. The van der Waals surface area contributed by atoms with Crippen molar-refractivity contribution in [3.63, 3.8) is 0 Å². The molecule has 0 bridgehead atoms. The van der Waals surface area contributed by atoms with Crippen LogP contribution < -0.4 is 15.6 Å². The number of nitrogens with zero attached hydrogens (tertiary/aromatic N) is 1. The number of nitrogens with one attached hydrogen (secondary N) is 2. The molecule has 6 nitrogen and oxygen atoms in total. The molecular weight excluding hydrogens is 422 g/mol. The first kappa shape index (κ1) is 21.9. The number of H-pyrrole nitrogens is 1. The molecule has 0 saturated heterocycles. The third-order valence-electron chi connectivity index (χ3n) is 4.50. The molecule has 2 aromatic carbocycles. The van der Waals surface area contributed by atoms with Gasteiger partial charge >= 0.3 is 0 Å². The molecule has 1 aromatic heterocycles. The summed E-state index contributed by atoms with van der Waals surface area (Å²) in [6.07, 6.45) is -0.0690. The van der Waals surface area contributed by atoms with Crippen LogP contribution in [-0.4, -0.2) is 23.0 Å². The van der Waals surface area contributed by atoms with E-state index in [0.717, 1.165) is 16.9 Å². The molecule has 1 amide bonds. The number of methoxy groups -OCH3 is 1. The minimum absolute atomic E-state index is 0.0690. The summed E-state index contributed by atoms with van der Waals surface area (Å²) in [6.45, 7) is 3.62. The first-order chi connectivity index (χ1) is 14.4. The number of carbonyl (C=O) groups is 1. The molecule has 156 valence electrons. The molecular formula is C22H22ClN3O3S. The van der Waals surface area contributed by atoms with Crippen LogP contribution in [0, 0.1) is 13.8 Å². The van der Waals surface area contributed by atoms with Crippen LogP contribution >= 0.6 is 23.4 Å². The molecule has 0 radical (unpaired) electrons. The molecule has 0 saturated carbocycles. The van der Waals surface area contributed by atoms with Gasteiger partial charge in [-0.15, -0.1) is 0 Å². The van der Waals surface area contributed by atoms with Crippen molar-refractivity contribution in [1.29, 1.82) is 0 Å². The van der Waals surface area contributed by atoms with Crippen molar-refractivity contribution in [2.75, 3.05) is 12.4 Å². The van der Waals surface area contributed by atoms with Crippen molar-refractivity contribution in [3.8, 4) is 5.75 Å². The average molecular weight is 444 g/mol. The Morgan fingerprint density at radius 2 is 2.03 bits per heavy atom. The molecule has 0 spiro atoms. The quantitative estimate of drug-likeness (QED) is 0.414. The molecule has 8 heteroatoms. The van der Waals surface area contributed by atoms with Crippen molar-refractivity contribution in [2.45, 2.75) is 31.2 Å². The fraction of sp³-hybridized carbons (Fsp3) is 0.227. The van der Waals surface area contributed by atoms with E-state index in [2.05, 4.69) is 15.3 Å². The van der Waals surface area contributed by atoms with Crippen molar-refractivity contribution in [2.24, 2.45) is 0 Å². The van der Waals surface area contributed by atoms with E-state index in [1.807, 2.05) is 37.3 Å². The molecule has 3 rings (SSSR count). The number of aryl methyl sites for hydroxylation is 2. The fourth-order valence-corrected chi connectivity index (χ4v) is 3.84. The topological polar surface area (TPSA) is 84.1 Å². The summed E-state index contributed by atoms with van der Waals surface area (Å²) >= 11 is 7.51. The number of halogens is 1. The number of aromatic amines is 1. The van der Waals surface area contributed by atoms with Gasteiger partial charge in [0.1, 0.15) is 5.75 Å². The molecule has 1 heterocycles. The Kier molecular flexibility index (Phi) is 7.18. The SMILES string of the molecule is COc1cccc(CSc2nc(C)c(CC(=O)Nc3ccc(C)c(Cl)c3)c(=O)[nH]2)c1. The highest BCUT2D eigenvalue weighted by atomic mass is 35.5. The molecule has 0 aliphatic rings. The lowest BCUT2D eigenvalue weighted by Crippen LogP contribution is -2.23. The predicted octanol–water partition coefficient (Wildman–Crippen LogP) is 4.52. The first-order valence-corrected chi connectivity index (χ1v) is 10.6. The molecule has 2 N–H and O–H groups in total. The number of rotatable bonds is 7. The predicted molar refractivity (Wildman–Crippen MR) is 121 cm³/mol. The van der Waals surface area contributed by atoms with Gasteiger partial charge in [-0.05, 0) is 49.2 Å². The summed E-state index contributed by atoms with van der Waals surface area (Å²) < 4.78 is 5.22. The van der Waals surface area contributed by atoms with E-state index in [9.17, 15) is 9.59 Å². The number of carbonyl (C=O) groups excluding carboxylic acids is 1. The third-order valence-corrected chi connectivity index (χ3v) is 5.85. The standard InChI is InChI=1S/C22H22ClN3O3S/c1-13-7-8-16(10-19(13)23)25-20(27)11-18-14(2)24-22(26-21(18)28)30-12-15-5-4-6-17(9-15)29-3/h4-10H,11-12H2,1-3H3,(H,25,27)(H,24,26,28). The van der Waals surface area contributed by atoms with Gasteiger partial charge in [-0.25, -0.2) is 4.98 Å². The zero-order valence-corrected chi connectivity index (χ0v) is 18.5. The largest absolute Gasteiger partial charge is 0.497 e. The Balaban J connectivity index is 1.67. The number of aromatic nitrogens is 2. The van der Waals surface area contributed by atoms with Gasteiger partial charge in [0.15, 0.2) is 5.16 Å². The van der Waals surface area contributed by atoms with E-state index >= 15 is 0 Å². The third kappa shape index (κ3) is 5.64. The van der Waals surface area contributed by atoms with Crippen molar-refractivity contribution < 1.29 is 9.53 Å². The smallest absolute Gasteiger partial charge is 0.255 e. The van der Waals surface area contributed by atoms with Crippen LogP contribution in [0.5, 0.6) is 5.75 Å². The van der Waals surface area contributed by atoms with Gasteiger partial charge in [-0.2, -0.15) is 0 Å². The first-order valence-electron chi connectivity index (χ1n) is 9.27. The van der Waals surface area contributed by atoms with E-state index < -0.39 is 0 Å². The average Bonchev–Trinajstić information content (AvgIpc) is 2.72. The van der Waals surface area contributed by atoms with Gasteiger partial charge in [0, 0.05) is 27.7 Å². The molecule has 30 heavy (non-hydrogen) atoms. The number of ether oxygens (including phenoxy) is 1. The summed E-state index contributed by atoms with van der Waals surface area (Å²) in [5.74, 6) is 1.11. The van der Waals surface area contributed by atoms with Crippen LogP contribution in [0.25, 0.3) is 0 Å². The van der Waals surface area contributed by atoms with E-state index in [-0.39, 0.29) is 17.9 Å². The maximum atomic E-state index is 12.5. The van der Waals surface area contributed by atoms with E-state index in [4.69, 9.17) is 16.3 Å². The number of amides is 1. The van der Waals surface area contributed by atoms with Gasteiger partial charge in [-0.3, -0.25) is 9.59 Å². The minimum Gasteiger partial charge on any atom is -0.497 e. The maximum Gasteiger partial charge on any atom is 0.255 e. The monoisotopic (exact) mass is 443 g/mol. The van der Waals surface area contributed by atoms with Crippen molar-refractivity contribution in [1.82, 2.24) is 9.97 Å². The second-order valence-electron chi connectivity index (χ2n) is 6.76. The van der Waals surface area contributed by atoms with Gasteiger partial charge in [0.05, 0.1) is 13.5 Å². The van der Waals surface area contributed by atoms with E-state index in [1.54, 1.807) is 26.2 Å². The fourth-order valence-electron chi connectivity index (χ4n) is 2.81. The summed E-state index contributed by atoms with van der Waals surface area (Å²) in [7, 11) is 1.62. The van der Waals surface area contributed by atoms with Crippen molar-refractivity contribution in [3.05, 3.63) is 80.2 Å². The number of anilines is 1. The molecule has 0 atom stereocenters. The summed E-state index contributed by atoms with van der Waals surface area (Å²) in [5, 5.41) is 3.84. The second kappa shape index (κ2) is 9.82. The van der Waals surface area contributed by atoms with Crippen LogP contribution in [0.3, 0.4) is 0 Å². The molecule has 0 aliphatic heterocycles. The van der Waals surface area contributed by atoms with Crippen LogP contribution in [0.4, 0.5) is 5.69 Å². The number of hydrogen-bond acceptors (Lipinski definition) is 5. The van der Waals surface area contributed by atoms with Gasteiger partial charge < -0.3 is 15.0 Å². The highest BCUT2D eigenvalue weighted by molar-refractivity contribution is 7.98. The lowest BCUT2D eigenvalue weighted by atomic mass is 10.1. The summed E-state index contributed by atoms with van der Waals surface area (Å²) in [5.41, 5.74) is 3.13. The highest BCUT2D eigenvalue weighted by Gasteiger charge is 2.14. The van der Waals surface area contributed by atoms with Gasteiger partial charge in [0.25, 0.3) is 5.56 Å². The number of benzene rings is 2. The normalized spacial score (nSPS) is 10.7. The Labute approximate surface area is 184 Å². The Morgan fingerprint density at radius 1 is 1.23 bits per heavy atom. The zero-order valence-electron chi connectivity index (χ0n) is 16.9. The number of thioether (sulfide) groups is 1. The molecule has 0 fully saturated rings. The van der Waals surface area contributed by atoms with E-state index in [1.165, 1.54) is 11.8 Å². The second-order valence-corrected chi connectivity index (χ2v) is 8.14. The van der Waals surface area contributed by atoms with Crippen LogP contribution in [-0.2, 0) is 17.0 Å². The molecule has 0 aliphatic carbocycles. The van der Waals surface area contributed by atoms with Crippen LogP contribution in [0.1, 0.15) is 22.4 Å². The van der Waals surface area contributed by atoms with Crippen molar-refractivity contribution >= 4 is 35.0 Å². The van der Waals surface area contributed by atoms with Gasteiger partial charge in [0.2, 0.25) is 5.91 Å². The maximum absolute atomic E-state index is 12.5. The van der Waals surface area contributed by atoms with Gasteiger partial charge in [-0.1, -0.05) is 41.6 Å². The highest BCUT2D eigenvalue weighted by Crippen LogP contribution is 2.22.